The lowest BCUT2D eigenvalue weighted by Crippen LogP contribution is -2.17. The van der Waals surface area contributed by atoms with E-state index >= 15 is 0 Å². The molecule has 5 heteroatoms. The maximum Gasteiger partial charge on any atom is 0.326 e. The Kier molecular flexibility index (Phi) is 4.65. The fraction of sp³-hybridized carbons (Fsp3) is 0.250. The molecule has 0 saturated carbocycles. The van der Waals surface area contributed by atoms with Crippen molar-refractivity contribution in [3.63, 3.8) is 0 Å². The molecule has 1 N–H and O–H groups in total. The molecular formula is C20H22N2O3. The van der Waals surface area contributed by atoms with Crippen molar-refractivity contribution in [1.29, 1.82) is 0 Å². The van der Waals surface area contributed by atoms with Gasteiger partial charge in [-0.05, 0) is 43.2 Å². The third kappa shape index (κ3) is 3.18. The van der Waals surface area contributed by atoms with Gasteiger partial charge < -0.3 is 14.5 Å². The molecular weight excluding hydrogens is 316 g/mol. The molecule has 3 aromatic rings. The highest BCUT2D eigenvalue weighted by atomic mass is 16.5. The lowest BCUT2D eigenvalue weighted by molar-refractivity contribution is 0.310. The molecule has 0 unspecified atom stereocenters. The number of para-hydroxylation sites is 1. The van der Waals surface area contributed by atoms with E-state index in [1.54, 1.807) is 11.7 Å². The summed E-state index contributed by atoms with van der Waals surface area (Å²) in [5.74, 6) is 1.36. The summed E-state index contributed by atoms with van der Waals surface area (Å²) in [4.78, 5) is 15.4. The number of H-pyrrole nitrogens is 1. The van der Waals surface area contributed by atoms with Gasteiger partial charge >= 0.3 is 5.69 Å². The van der Waals surface area contributed by atoms with Crippen LogP contribution in [0.1, 0.15) is 25.0 Å². The molecule has 1 aromatic heterocycles. The van der Waals surface area contributed by atoms with Crippen LogP contribution in [-0.2, 0) is 6.54 Å². The Balaban J connectivity index is 2.05. The van der Waals surface area contributed by atoms with E-state index in [-0.39, 0.29) is 5.69 Å². The molecule has 0 aliphatic heterocycles. The van der Waals surface area contributed by atoms with Crippen molar-refractivity contribution in [2.45, 2.75) is 20.4 Å². The van der Waals surface area contributed by atoms with Crippen molar-refractivity contribution < 1.29 is 9.47 Å². The summed E-state index contributed by atoms with van der Waals surface area (Å²) in [6.07, 6.45) is 0. The van der Waals surface area contributed by atoms with Gasteiger partial charge in [0.15, 0.2) is 11.5 Å². The number of methoxy groups -OCH3 is 1. The molecule has 130 valence electrons. The molecule has 0 atom stereocenters. The van der Waals surface area contributed by atoms with Crippen LogP contribution in [0.4, 0.5) is 0 Å². The Morgan fingerprint density at radius 3 is 2.72 bits per heavy atom. The molecule has 1 heterocycles. The van der Waals surface area contributed by atoms with Crippen LogP contribution in [0.25, 0.3) is 16.6 Å². The van der Waals surface area contributed by atoms with Gasteiger partial charge in [-0.25, -0.2) is 4.79 Å². The minimum Gasteiger partial charge on any atom is -0.493 e. The summed E-state index contributed by atoms with van der Waals surface area (Å²) >= 11 is 0. The zero-order valence-electron chi connectivity index (χ0n) is 14.8. The molecule has 5 nitrogen and oxygen atoms in total. The normalized spacial score (nSPS) is 10.8. The van der Waals surface area contributed by atoms with Crippen LogP contribution in [0.2, 0.25) is 0 Å². The molecule has 0 bridgehead atoms. The zero-order valence-corrected chi connectivity index (χ0v) is 14.8. The van der Waals surface area contributed by atoms with Crippen LogP contribution in [0.3, 0.4) is 0 Å². The van der Waals surface area contributed by atoms with Gasteiger partial charge in [-0.2, -0.15) is 0 Å². The van der Waals surface area contributed by atoms with E-state index < -0.39 is 0 Å². The van der Waals surface area contributed by atoms with E-state index in [0.29, 0.717) is 24.7 Å². The van der Waals surface area contributed by atoms with Crippen molar-refractivity contribution in [2.24, 2.45) is 0 Å². The van der Waals surface area contributed by atoms with Crippen LogP contribution in [0.15, 0.2) is 47.8 Å². The van der Waals surface area contributed by atoms with Gasteiger partial charge in [-0.15, -0.1) is 0 Å². The second-order valence-corrected chi connectivity index (χ2v) is 5.91. The first-order chi connectivity index (χ1) is 12.0. The number of aromatic amines is 1. The highest BCUT2D eigenvalue weighted by molar-refractivity contribution is 5.88. The molecule has 25 heavy (non-hydrogen) atoms. The first-order valence-corrected chi connectivity index (χ1v) is 8.22. The quantitative estimate of drug-likeness (QED) is 0.743. The van der Waals surface area contributed by atoms with E-state index in [1.165, 1.54) is 0 Å². The molecule has 0 aliphatic rings. The van der Waals surface area contributed by atoms with Crippen LogP contribution in [-0.4, -0.2) is 23.3 Å². The first-order valence-electron chi connectivity index (χ1n) is 8.22. The zero-order chi connectivity index (χ0) is 18.0. The van der Waals surface area contributed by atoms with Crippen LogP contribution >= 0.6 is 0 Å². The van der Waals surface area contributed by atoms with E-state index in [1.807, 2.05) is 50.2 Å². The Bertz CT molecular complexity index is 982. The average molecular weight is 338 g/mol. The fourth-order valence-corrected chi connectivity index (χ4v) is 2.96. The standard InChI is InChI=1S/C20H22N2O3/c1-5-25-18-11-14(9-10-17(18)24-4)12-22-16-8-6-7-15(13(2)3)19(16)21-20(22)23/h6-11H,2,5,12H2,1,3-4H3,(H,21,23). The molecule has 0 radical (unpaired) electrons. The van der Waals surface area contributed by atoms with Crippen LogP contribution in [0, 0.1) is 0 Å². The number of nitrogens with zero attached hydrogens (tertiary/aromatic N) is 1. The Hall–Kier alpha value is -2.95. The maximum atomic E-state index is 12.5. The Morgan fingerprint density at radius 2 is 2.04 bits per heavy atom. The predicted octanol–water partition coefficient (Wildman–Crippen LogP) is 3.82. The van der Waals surface area contributed by atoms with Gasteiger partial charge in [0.1, 0.15) is 0 Å². The van der Waals surface area contributed by atoms with Gasteiger partial charge in [-0.1, -0.05) is 24.8 Å². The number of nitrogens with one attached hydrogen (secondary N) is 1. The number of hydrogen-bond acceptors (Lipinski definition) is 3. The third-order valence-electron chi connectivity index (χ3n) is 4.14. The molecule has 0 amide bonds. The smallest absolute Gasteiger partial charge is 0.326 e. The van der Waals surface area contributed by atoms with E-state index in [4.69, 9.17) is 9.47 Å². The molecule has 0 aliphatic carbocycles. The monoisotopic (exact) mass is 338 g/mol. The third-order valence-corrected chi connectivity index (χ3v) is 4.14. The van der Waals surface area contributed by atoms with Crippen molar-refractivity contribution >= 4 is 16.6 Å². The molecule has 0 fully saturated rings. The van der Waals surface area contributed by atoms with Crippen molar-refractivity contribution in [3.8, 4) is 11.5 Å². The maximum absolute atomic E-state index is 12.5. The van der Waals surface area contributed by atoms with E-state index in [2.05, 4.69) is 11.6 Å². The summed E-state index contributed by atoms with van der Waals surface area (Å²) in [5, 5.41) is 0. The number of rotatable bonds is 6. The number of imidazole rings is 1. The number of ether oxygens (including phenoxy) is 2. The van der Waals surface area contributed by atoms with Crippen molar-refractivity contribution in [3.05, 3.63) is 64.6 Å². The number of aromatic nitrogens is 2. The van der Waals surface area contributed by atoms with Gasteiger partial charge in [0.25, 0.3) is 0 Å². The number of fused-ring (bicyclic) bond motifs is 1. The summed E-state index contributed by atoms with van der Waals surface area (Å²) in [5.41, 5.74) is 4.38. The summed E-state index contributed by atoms with van der Waals surface area (Å²) < 4.78 is 12.7. The lowest BCUT2D eigenvalue weighted by atomic mass is 10.1. The second-order valence-electron chi connectivity index (χ2n) is 5.91. The number of hydrogen-bond donors (Lipinski definition) is 1. The number of allylic oxidation sites excluding steroid dienone is 1. The Labute approximate surface area is 146 Å². The molecule has 3 rings (SSSR count). The van der Waals surface area contributed by atoms with Crippen molar-refractivity contribution in [2.75, 3.05) is 13.7 Å². The average Bonchev–Trinajstić information content (AvgIpc) is 2.91. The van der Waals surface area contributed by atoms with Gasteiger partial charge in [0.2, 0.25) is 0 Å². The minimum absolute atomic E-state index is 0.141. The van der Waals surface area contributed by atoms with Gasteiger partial charge in [0, 0.05) is 5.56 Å². The molecule has 0 spiro atoms. The summed E-state index contributed by atoms with van der Waals surface area (Å²) in [7, 11) is 1.61. The highest BCUT2D eigenvalue weighted by Gasteiger charge is 2.12. The van der Waals surface area contributed by atoms with Crippen molar-refractivity contribution in [1.82, 2.24) is 9.55 Å². The van der Waals surface area contributed by atoms with E-state index in [9.17, 15) is 4.79 Å². The number of benzene rings is 2. The lowest BCUT2D eigenvalue weighted by Gasteiger charge is -2.11. The predicted molar refractivity (Wildman–Crippen MR) is 101 cm³/mol. The summed E-state index contributed by atoms with van der Waals surface area (Å²) in [6, 6.07) is 11.6. The highest BCUT2D eigenvalue weighted by Crippen LogP contribution is 2.29. The van der Waals surface area contributed by atoms with Gasteiger partial charge in [0.05, 0.1) is 31.3 Å². The molecule has 0 saturated heterocycles. The van der Waals surface area contributed by atoms with Gasteiger partial charge in [-0.3, -0.25) is 4.57 Å². The SMILES string of the molecule is C=C(C)c1cccc2c1[nH]c(=O)n2Cc1ccc(OC)c(OCC)c1. The van der Waals surface area contributed by atoms with E-state index in [0.717, 1.165) is 27.7 Å². The largest absolute Gasteiger partial charge is 0.493 e. The second kappa shape index (κ2) is 6.89. The molecule has 2 aromatic carbocycles. The van der Waals surface area contributed by atoms with Crippen LogP contribution < -0.4 is 15.2 Å². The summed E-state index contributed by atoms with van der Waals surface area (Å²) in [6.45, 7) is 8.84. The minimum atomic E-state index is -0.141. The van der Waals surface area contributed by atoms with Crippen LogP contribution in [0.5, 0.6) is 11.5 Å². The fourth-order valence-electron chi connectivity index (χ4n) is 2.96. The topological polar surface area (TPSA) is 56.2 Å². The first kappa shape index (κ1) is 16.9. The Morgan fingerprint density at radius 1 is 1.24 bits per heavy atom.